The number of ether oxygens (including phenoxy) is 1. The molecule has 1 saturated heterocycles. The summed E-state index contributed by atoms with van der Waals surface area (Å²) in [5.41, 5.74) is 0.662. The van der Waals surface area contributed by atoms with E-state index in [2.05, 4.69) is 0 Å². The van der Waals surface area contributed by atoms with Crippen LogP contribution < -0.4 is 0 Å². The maximum Gasteiger partial charge on any atom is 0.129 e. The maximum atomic E-state index is 13.1. The van der Waals surface area contributed by atoms with Gasteiger partial charge in [0.05, 0.1) is 6.61 Å². The van der Waals surface area contributed by atoms with E-state index in [1.54, 1.807) is 0 Å². The second kappa shape index (κ2) is 2.52. The molecule has 1 atom stereocenters. The van der Waals surface area contributed by atoms with E-state index < -0.39 is 0 Å². The summed E-state index contributed by atoms with van der Waals surface area (Å²) >= 11 is 0. The van der Waals surface area contributed by atoms with Crippen molar-refractivity contribution in [2.45, 2.75) is 13.0 Å². The molecule has 0 aromatic heterocycles. The summed E-state index contributed by atoms with van der Waals surface area (Å²) in [6, 6.07) is 2.41. The van der Waals surface area contributed by atoms with Crippen molar-refractivity contribution in [3.63, 3.8) is 0 Å². The molecule has 2 rings (SSSR count). The Labute approximate surface area is 69.0 Å². The number of epoxide rings is 1. The molecule has 1 fully saturated rings. The number of benzene rings is 1. The van der Waals surface area contributed by atoms with Gasteiger partial charge in [0.1, 0.15) is 17.7 Å². The van der Waals surface area contributed by atoms with Crippen LogP contribution in [0.3, 0.4) is 0 Å². The Balaban J connectivity index is 2.47. The highest BCUT2D eigenvalue weighted by Gasteiger charge is 2.28. The third kappa shape index (κ3) is 1.20. The lowest BCUT2D eigenvalue weighted by atomic mass is 10.1. The van der Waals surface area contributed by atoms with E-state index in [4.69, 9.17) is 4.74 Å². The number of hydrogen-bond acceptors (Lipinski definition) is 1. The molecule has 64 valence electrons. The third-order valence-electron chi connectivity index (χ3n) is 1.96. The lowest BCUT2D eigenvalue weighted by Gasteiger charge is -2.01. The van der Waals surface area contributed by atoms with Crippen LogP contribution in [0.1, 0.15) is 17.2 Å². The van der Waals surface area contributed by atoms with E-state index >= 15 is 0 Å². The van der Waals surface area contributed by atoms with Crippen LogP contribution in [0.25, 0.3) is 0 Å². The predicted octanol–water partition coefficient (Wildman–Crippen LogP) is 2.34. The molecule has 1 heterocycles. The Morgan fingerprint density at radius 3 is 2.58 bits per heavy atom. The molecule has 12 heavy (non-hydrogen) atoms. The Morgan fingerprint density at radius 1 is 1.33 bits per heavy atom. The molecule has 1 nitrogen and oxygen atoms in total. The largest absolute Gasteiger partial charge is 0.368 e. The van der Waals surface area contributed by atoms with Crippen molar-refractivity contribution in [1.29, 1.82) is 0 Å². The molecule has 1 aliphatic rings. The first kappa shape index (κ1) is 7.68. The lowest BCUT2D eigenvalue weighted by Crippen LogP contribution is -1.92. The zero-order valence-electron chi connectivity index (χ0n) is 6.60. The van der Waals surface area contributed by atoms with E-state index in [1.165, 1.54) is 19.1 Å². The highest BCUT2D eigenvalue weighted by atomic mass is 19.1. The Bertz CT molecular complexity index is 319. The van der Waals surface area contributed by atoms with E-state index in [0.29, 0.717) is 17.7 Å². The summed E-state index contributed by atoms with van der Waals surface area (Å²) in [5, 5.41) is 0. The van der Waals surface area contributed by atoms with Gasteiger partial charge in [-0.25, -0.2) is 8.78 Å². The zero-order chi connectivity index (χ0) is 8.72. The molecule has 0 N–H and O–H groups in total. The second-order valence-electron chi connectivity index (χ2n) is 2.94. The average molecular weight is 170 g/mol. The first-order chi connectivity index (χ1) is 5.68. The molecule has 0 unspecified atom stereocenters. The molecular formula is C9H8F2O. The number of aryl methyl sites for hydroxylation is 1. The zero-order valence-corrected chi connectivity index (χ0v) is 6.60. The summed E-state index contributed by atoms with van der Waals surface area (Å²) in [5.74, 6) is -0.752. The van der Waals surface area contributed by atoms with E-state index in [0.717, 1.165) is 0 Å². The van der Waals surface area contributed by atoms with Crippen molar-refractivity contribution in [2.75, 3.05) is 6.61 Å². The van der Waals surface area contributed by atoms with Crippen LogP contribution in [0.4, 0.5) is 8.78 Å². The quantitative estimate of drug-likeness (QED) is 0.589. The molecular weight excluding hydrogens is 162 g/mol. The van der Waals surface area contributed by atoms with Gasteiger partial charge in [0.2, 0.25) is 0 Å². The van der Waals surface area contributed by atoms with Gasteiger partial charge in [-0.05, 0) is 24.6 Å². The van der Waals surface area contributed by atoms with Crippen LogP contribution in [-0.2, 0) is 4.74 Å². The maximum absolute atomic E-state index is 13.1. The van der Waals surface area contributed by atoms with Gasteiger partial charge in [0.15, 0.2) is 0 Å². The van der Waals surface area contributed by atoms with Gasteiger partial charge in [-0.2, -0.15) is 0 Å². The van der Waals surface area contributed by atoms with Crippen molar-refractivity contribution in [3.05, 3.63) is 34.9 Å². The minimum Gasteiger partial charge on any atom is -0.368 e. The highest BCUT2D eigenvalue weighted by Crippen LogP contribution is 2.32. The SMILES string of the molecule is Cc1cc(F)c([C@H]2CO2)cc1F. The molecule has 0 bridgehead atoms. The Hall–Kier alpha value is -0.960. The number of halogens is 2. The molecule has 0 aliphatic carbocycles. The van der Waals surface area contributed by atoms with Crippen molar-refractivity contribution < 1.29 is 13.5 Å². The molecule has 0 radical (unpaired) electrons. The summed E-state index contributed by atoms with van der Waals surface area (Å²) in [4.78, 5) is 0. The molecule has 1 aromatic carbocycles. The topological polar surface area (TPSA) is 12.5 Å². The fraction of sp³-hybridized carbons (Fsp3) is 0.333. The summed E-state index contributed by atoms with van der Waals surface area (Å²) in [6.45, 7) is 2.04. The first-order valence-electron chi connectivity index (χ1n) is 3.75. The highest BCUT2D eigenvalue weighted by molar-refractivity contribution is 5.28. The van der Waals surface area contributed by atoms with Crippen molar-refractivity contribution in [3.8, 4) is 0 Å². The van der Waals surface area contributed by atoms with E-state index in [-0.39, 0.29) is 17.7 Å². The standard InChI is InChI=1S/C9H8F2O/c1-5-2-8(11)6(3-7(5)10)9-4-12-9/h2-3,9H,4H2,1H3/t9-/m1/s1. The van der Waals surface area contributed by atoms with E-state index in [1.807, 2.05) is 0 Å². The molecule has 1 aromatic rings. The van der Waals surface area contributed by atoms with Gasteiger partial charge in [-0.15, -0.1) is 0 Å². The van der Waals surface area contributed by atoms with Crippen molar-refractivity contribution in [1.82, 2.24) is 0 Å². The monoisotopic (exact) mass is 170 g/mol. The van der Waals surface area contributed by atoms with Gasteiger partial charge < -0.3 is 4.74 Å². The van der Waals surface area contributed by atoms with Crippen LogP contribution in [0.2, 0.25) is 0 Å². The molecule has 3 heteroatoms. The van der Waals surface area contributed by atoms with Crippen molar-refractivity contribution >= 4 is 0 Å². The van der Waals surface area contributed by atoms with Gasteiger partial charge in [0, 0.05) is 5.56 Å². The van der Waals surface area contributed by atoms with Crippen LogP contribution >= 0.6 is 0 Å². The second-order valence-corrected chi connectivity index (χ2v) is 2.94. The smallest absolute Gasteiger partial charge is 0.129 e. The van der Waals surface area contributed by atoms with Gasteiger partial charge in [-0.1, -0.05) is 0 Å². The average Bonchev–Trinajstić information content (AvgIpc) is 2.79. The number of hydrogen-bond donors (Lipinski definition) is 0. The fourth-order valence-corrected chi connectivity index (χ4v) is 1.14. The summed E-state index contributed by atoms with van der Waals surface area (Å²) in [6.07, 6.45) is -0.222. The summed E-state index contributed by atoms with van der Waals surface area (Å²) < 4.78 is 30.9. The fourth-order valence-electron chi connectivity index (χ4n) is 1.14. The normalized spacial score (nSPS) is 21.1. The molecule has 1 aliphatic heterocycles. The minimum absolute atomic E-state index is 0.222. The van der Waals surface area contributed by atoms with Crippen LogP contribution in [0.5, 0.6) is 0 Å². The van der Waals surface area contributed by atoms with E-state index in [9.17, 15) is 8.78 Å². The van der Waals surface area contributed by atoms with Crippen LogP contribution in [-0.4, -0.2) is 6.61 Å². The summed E-state index contributed by atoms with van der Waals surface area (Å²) in [7, 11) is 0. The number of rotatable bonds is 1. The molecule has 0 amide bonds. The first-order valence-corrected chi connectivity index (χ1v) is 3.75. The van der Waals surface area contributed by atoms with Crippen LogP contribution in [0, 0.1) is 18.6 Å². The Kier molecular flexibility index (Phi) is 1.61. The van der Waals surface area contributed by atoms with Gasteiger partial charge >= 0.3 is 0 Å². The van der Waals surface area contributed by atoms with Gasteiger partial charge in [0.25, 0.3) is 0 Å². The molecule has 0 spiro atoms. The Morgan fingerprint density at radius 2 is 2.00 bits per heavy atom. The minimum atomic E-state index is -0.378. The van der Waals surface area contributed by atoms with Crippen LogP contribution in [0.15, 0.2) is 12.1 Å². The predicted molar refractivity (Wildman–Crippen MR) is 39.8 cm³/mol. The third-order valence-corrected chi connectivity index (χ3v) is 1.96. The van der Waals surface area contributed by atoms with Gasteiger partial charge in [-0.3, -0.25) is 0 Å². The molecule has 0 saturated carbocycles. The lowest BCUT2D eigenvalue weighted by molar-refractivity contribution is 0.406. The van der Waals surface area contributed by atoms with Crippen molar-refractivity contribution in [2.24, 2.45) is 0 Å².